The minimum absolute atomic E-state index is 0.110. The van der Waals surface area contributed by atoms with Gasteiger partial charge >= 0.3 is 5.97 Å². The molecule has 0 aliphatic rings. The maximum Gasteiger partial charge on any atom is 0.338 e. The summed E-state index contributed by atoms with van der Waals surface area (Å²) in [7, 11) is 0. The molecule has 82 valence electrons. The monoisotopic (exact) mass is 209 g/mol. The second kappa shape index (κ2) is 4.72. The summed E-state index contributed by atoms with van der Waals surface area (Å²) in [5.74, 6) is -0.438. The van der Waals surface area contributed by atoms with E-state index in [1.165, 1.54) is 12.4 Å². The molecule has 1 heterocycles. The molecule has 5 nitrogen and oxygen atoms in total. The number of hydrogen-bond acceptors (Lipinski definition) is 4. The molecule has 0 unspecified atom stereocenters. The number of carboxylic acids is 1. The van der Waals surface area contributed by atoms with E-state index in [9.17, 15) is 4.79 Å². The number of carbonyl (C=O) groups is 1. The molecule has 0 spiro atoms. The van der Waals surface area contributed by atoms with Gasteiger partial charge in [0.25, 0.3) is 0 Å². The van der Waals surface area contributed by atoms with E-state index in [1.54, 1.807) is 0 Å². The Hall–Kier alpha value is -1.65. The summed E-state index contributed by atoms with van der Waals surface area (Å²) in [4.78, 5) is 20.6. The lowest BCUT2D eigenvalue weighted by Crippen LogP contribution is -2.32. The number of carboxylic acid groups (broad SMARTS) is 1. The van der Waals surface area contributed by atoms with Gasteiger partial charge in [0.1, 0.15) is 0 Å². The zero-order valence-electron chi connectivity index (χ0n) is 9.14. The van der Waals surface area contributed by atoms with Crippen molar-refractivity contribution in [2.24, 2.45) is 0 Å². The molecule has 0 fully saturated rings. The highest BCUT2D eigenvalue weighted by Crippen LogP contribution is 2.10. The largest absolute Gasteiger partial charge is 0.478 e. The van der Waals surface area contributed by atoms with Crippen LogP contribution in [0.2, 0.25) is 0 Å². The third kappa shape index (κ3) is 2.65. The zero-order valence-corrected chi connectivity index (χ0v) is 9.14. The lowest BCUT2D eigenvalue weighted by Gasteiger charge is -2.24. The Kier molecular flexibility index (Phi) is 3.60. The topological polar surface area (TPSA) is 66.3 Å². The van der Waals surface area contributed by atoms with E-state index in [4.69, 9.17) is 5.11 Å². The first-order valence-electron chi connectivity index (χ1n) is 4.88. The third-order valence-corrected chi connectivity index (χ3v) is 2.11. The second-order valence-corrected chi connectivity index (χ2v) is 3.46. The Labute approximate surface area is 88.8 Å². The zero-order chi connectivity index (χ0) is 11.4. The highest BCUT2D eigenvalue weighted by molar-refractivity contribution is 5.86. The molecule has 1 aromatic rings. The molecule has 0 radical (unpaired) electrons. The maximum atomic E-state index is 10.6. The minimum atomic E-state index is -1.01. The molecule has 1 N–H and O–H groups in total. The van der Waals surface area contributed by atoms with Crippen LogP contribution in [0.4, 0.5) is 5.95 Å². The first kappa shape index (κ1) is 11.4. The van der Waals surface area contributed by atoms with Gasteiger partial charge in [0.05, 0.1) is 5.56 Å². The lowest BCUT2D eigenvalue weighted by molar-refractivity contribution is 0.0696. The molecule has 0 bridgehead atoms. The van der Waals surface area contributed by atoms with Gasteiger partial charge in [-0.25, -0.2) is 14.8 Å². The van der Waals surface area contributed by atoms with Gasteiger partial charge in [0, 0.05) is 25.0 Å². The summed E-state index contributed by atoms with van der Waals surface area (Å²) >= 11 is 0. The quantitative estimate of drug-likeness (QED) is 0.812. The molecule has 0 aliphatic carbocycles. The van der Waals surface area contributed by atoms with Gasteiger partial charge in [-0.05, 0) is 20.8 Å². The first-order valence-corrected chi connectivity index (χ1v) is 4.88. The van der Waals surface area contributed by atoms with Crippen molar-refractivity contribution in [1.29, 1.82) is 0 Å². The van der Waals surface area contributed by atoms with Crippen LogP contribution < -0.4 is 4.90 Å². The van der Waals surface area contributed by atoms with E-state index in [-0.39, 0.29) is 5.56 Å². The molecule has 0 aliphatic heterocycles. The van der Waals surface area contributed by atoms with Crippen LogP contribution in [0.3, 0.4) is 0 Å². The molecule has 0 saturated carbocycles. The Bertz CT molecular complexity index is 335. The molecule has 5 heteroatoms. The standard InChI is InChI=1S/C10H15N3O2/c1-4-13(7(2)3)10-11-5-8(6-12-10)9(14)15/h5-7H,4H2,1-3H3,(H,14,15). The Morgan fingerprint density at radius 1 is 1.47 bits per heavy atom. The average Bonchev–Trinajstić information content (AvgIpc) is 2.19. The van der Waals surface area contributed by atoms with E-state index >= 15 is 0 Å². The Morgan fingerprint density at radius 2 is 2.00 bits per heavy atom. The highest BCUT2D eigenvalue weighted by Gasteiger charge is 2.12. The summed E-state index contributed by atoms with van der Waals surface area (Å²) in [5.41, 5.74) is 0.110. The highest BCUT2D eigenvalue weighted by atomic mass is 16.4. The van der Waals surface area contributed by atoms with Gasteiger partial charge in [-0.1, -0.05) is 0 Å². The predicted octanol–water partition coefficient (Wildman–Crippen LogP) is 1.41. The molecule has 0 atom stereocenters. The summed E-state index contributed by atoms with van der Waals surface area (Å²) in [6, 6.07) is 0.297. The molecule has 15 heavy (non-hydrogen) atoms. The summed E-state index contributed by atoms with van der Waals surface area (Å²) in [6.07, 6.45) is 2.66. The Balaban J connectivity index is 2.92. The van der Waals surface area contributed by atoms with Crippen molar-refractivity contribution < 1.29 is 9.90 Å². The van der Waals surface area contributed by atoms with E-state index in [2.05, 4.69) is 9.97 Å². The summed E-state index contributed by atoms with van der Waals surface area (Å²) in [5, 5.41) is 8.69. The number of anilines is 1. The number of rotatable bonds is 4. The van der Waals surface area contributed by atoms with E-state index < -0.39 is 5.97 Å². The fourth-order valence-corrected chi connectivity index (χ4v) is 1.32. The van der Waals surface area contributed by atoms with Gasteiger partial charge < -0.3 is 10.0 Å². The third-order valence-electron chi connectivity index (χ3n) is 2.11. The van der Waals surface area contributed by atoms with Gasteiger partial charge in [-0.15, -0.1) is 0 Å². The molecular weight excluding hydrogens is 194 g/mol. The minimum Gasteiger partial charge on any atom is -0.478 e. The van der Waals surface area contributed by atoms with Crippen LogP contribution in [0.15, 0.2) is 12.4 Å². The lowest BCUT2D eigenvalue weighted by atomic mass is 10.3. The fourth-order valence-electron chi connectivity index (χ4n) is 1.32. The molecule has 0 amide bonds. The van der Waals surface area contributed by atoms with Crippen LogP contribution in [0.5, 0.6) is 0 Å². The van der Waals surface area contributed by atoms with Crippen LogP contribution in [-0.4, -0.2) is 33.6 Å². The molecule has 0 aromatic carbocycles. The molecule has 1 rings (SSSR count). The van der Waals surface area contributed by atoms with Gasteiger partial charge in [0.15, 0.2) is 0 Å². The van der Waals surface area contributed by atoms with Crippen molar-refractivity contribution in [3.63, 3.8) is 0 Å². The van der Waals surface area contributed by atoms with Crippen LogP contribution in [0.1, 0.15) is 31.1 Å². The van der Waals surface area contributed by atoms with Crippen LogP contribution >= 0.6 is 0 Å². The van der Waals surface area contributed by atoms with Crippen molar-refractivity contribution in [3.8, 4) is 0 Å². The van der Waals surface area contributed by atoms with E-state index in [0.29, 0.717) is 12.0 Å². The van der Waals surface area contributed by atoms with Crippen molar-refractivity contribution in [1.82, 2.24) is 9.97 Å². The normalized spacial score (nSPS) is 10.4. The number of aromatic carboxylic acids is 1. The predicted molar refractivity (Wildman–Crippen MR) is 57.1 cm³/mol. The van der Waals surface area contributed by atoms with Gasteiger partial charge in [0.2, 0.25) is 5.95 Å². The average molecular weight is 209 g/mol. The molecular formula is C10H15N3O2. The number of aromatic nitrogens is 2. The number of nitrogens with zero attached hydrogens (tertiary/aromatic N) is 3. The first-order chi connectivity index (χ1) is 7.06. The summed E-state index contributed by atoms with van der Waals surface area (Å²) < 4.78 is 0. The smallest absolute Gasteiger partial charge is 0.338 e. The van der Waals surface area contributed by atoms with Crippen LogP contribution in [0, 0.1) is 0 Å². The van der Waals surface area contributed by atoms with Crippen molar-refractivity contribution in [2.45, 2.75) is 26.8 Å². The van der Waals surface area contributed by atoms with Crippen molar-refractivity contribution >= 4 is 11.9 Å². The van der Waals surface area contributed by atoms with Gasteiger partial charge in [-0.3, -0.25) is 0 Å². The van der Waals surface area contributed by atoms with Crippen LogP contribution in [0.25, 0.3) is 0 Å². The SMILES string of the molecule is CCN(c1ncc(C(=O)O)cn1)C(C)C. The summed E-state index contributed by atoms with van der Waals surface area (Å²) in [6.45, 7) is 6.88. The fraction of sp³-hybridized carbons (Fsp3) is 0.500. The van der Waals surface area contributed by atoms with Crippen molar-refractivity contribution in [3.05, 3.63) is 18.0 Å². The second-order valence-electron chi connectivity index (χ2n) is 3.46. The van der Waals surface area contributed by atoms with E-state index in [1.807, 2.05) is 25.7 Å². The number of hydrogen-bond donors (Lipinski definition) is 1. The Morgan fingerprint density at radius 3 is 2.33 bits per heavy atom. The van der Waals surface area contributed by atoms with Gasteiger partial charge in [-0.2, -0.15) is 0 Å². The van der Waals surface area contributed by atoms with Crippen molar-refractivity contribution in [2.75, 3.05) is 11.4 Å². The molecule has 1 aromatic heterocycles. The maximum absolute atomic E-state index is 10.6. The molecule has 0 saturated heterocycles. The van der Waals surface area contributed by atoms with E-state index in [0.717, 1.165) is 6.54 Å². The van der Waals surface area contributed by atoms with Crippen LogP contribution in [-0.2, 0) is 0 Å².